The Morgan fingerprint density at radius 3 is 2.84 bits per heavy atom. The molecule has 2 heteroatoms. The predicted octanol–water partition coefficient (Wildman–Crippen LogP) is 3.73. The molecule has 2 nitrogen and oxygen atoms in total. The first-order valence-electron chi connectivity index (χ1n) is 7.03. The number of nitrogens with zero attached hydrogens (tertiary/aromatic N) is 2. The summed E-state index contributed by atoms with van der Waals surface area (Å²) in [5.74, 6) is 0. The van der Waals surface area contributed by atoms with Crippen molar-refractivity contribution in [3.63, 3.8) is 0 Å². The highest BCUT2D eigenvalue weighted by molar-refractivity contribution is 5.20. The Bertz CT molecular complexity index is 536. The van der Waals surface area contributed by atoms with Gasteiger partial charge in [-0.2, -0.15) is 0 Å². The number of pyridine rings is 1. The molecule has 1 atom stereocenters. The van der Waals surface area contributed by atoms with Crippen molar-refractivity contribution in [2.24, 2.45) is 0 Å². The molecule has 0 bridgehead atoms. The van der Waals surface area contributed by atoms with Gasteiger partial charge in [0.25, 0.3) is 0 Å². The topological polar surface area (TPSA) is 16.1 Å². The third kappa shape index (κ3) is 2.85. The van der Waals surface area contributed by atoms with Crippen molar-refractivity contribution < 1.29 is 0 Å². The van der Waals surface area contributed by atoms with Gasteiger partial charge in [-0.1, -0.05) is 30.3 Å². The average molecular weight is 252 g/mol. The monoisotopic (exact) mass is 252 g/mol. The summed E-state index contributed by atoms with van der Waals surface area (Å²) in [6.07, 6.45) is 4.43. The molecule has 0 amide bonds. The molecule has 1 unspecified atom stereocenters. The SMILES string of the molecule is Cc1ccnc(C2CCCN2Cc2ccccc2)c1. The van der Waals surface area contributed by atoms with Crippen LogP contribution >= 0.6 is 0 Å². The zero-order valence-electron chi connectivity index (χ0n) is 11.4. The van der Waals surface area contributed by atoms with E-state index < -0.39 is 0 Å². The smallest absolute Gasteiger partial charge is 0.0578 e. The van der Waals surface area contributed by atoms with Gasteiger partial charge in [0.1, 0.15) is 0 Å². The van der Waals surface area contributed by atoms with Crippen LogP contribution in [-0.2, 0) is 6.54 Å². The third-order valence-corrected chi connectivity index (χ3v) is 3.87. The summed E-state index contributed by atoms with van der Waals surface area (Å²) in [4.78, 5) is 7.12. The van der Waals surface area contributed by atoms with Gasteiger partial charge < -0.3 is 0 Å². The summed E-state index contributed by atoms with van der Waals surface area (Å²) in [5, 5.41) is 0. The minimum absolute atomic E-state index is 0.486. The lowest BCUT2D eigenvalue weighted by Gasteiger charge is -2.24. The largest absolute Gasteiger partial charge is 0.291 e. The second kappa shape index (κ2) is 5.54. The predicted molar refractivity (Wildman–Crippen MR) is 77.8 cm³/mol. The molecule has 1 aliphatic heterocycles. The van der Waals surface area contributed by atoms with Crippen molar-refractivity contribution in [3.05, 3.63) is 65.5 Å². The van der Waals surface area contributed by atoms with Crippen molar-refractivity contribution in [2.45, 2.75) is 32.4 Å². The second-order valence-electron chi connectivity index (χ2n) is 5.37. The van der Waals surface area contributed by atoms with E-state index in [1.165, 1.54) is 36.2 Å². The van der Waals surface area contributed by atoms with Crippen molar-refractivity contribution in [1.82, 2.24) is 9.88 Å². The van der Waals surface area contributed by atoms with Gasteiger partial charge in [0.15, 0.2) is 0 Å². The van der Waals surface area contributed by atoms with Gasteiger partial charge in [0, 0.05) is 12.7 Å². The Labute approximate surface area is 115 Å². The van der Waals surface area contributed by atoms with E-state index in [4.69, 9.17) is 0 Å². The molecule has 3 rings (SSSR count). The highest BCUT2D eigenvalue weighted by Crippen LogP contribution is 2.32. The Morgan fingerprint density at radius 1 is 1.21 bits per heavy atom. The van der Waals surface area contributed by atoms with Crippen molar-refractivity contribution in [3.8, 4) is 0 Å². The molecule has 98 valence electrons. The maximum absolute atomic E-state index is 4.57. The fourth-order valence-electron chi connectivity index (χ4n) is 2.91. The minimum atomic E-state index is 0.486. The zero-order chi connectivity index (χ0) is 13.1. The van der Waals surface area contributed by atoms with Gasteiger partial charge in [0.2, 0.25) is 0 Å². The van der Waals surface area contributed by atoms with E-state index in [0.29, 0.717) is 6.04 Å². The second-order valence-corrected chi connectivity index (χ2v) is 5.37. The molecule has 2 heterocycles. The number of aryl methyl sites for hydroxylation is 1. The fourth-order valence-corrected chi connectivity index (χ4v) is 2.91. The maximum atomic E-state index is 4.57. The van der Waals surface area contributed by atoms with Crippen LogP contribution in [0, 0.1) is 6.92 Å². The summed E-state index contributed by atoms with van der Waals surface area (Å²) in [6.45, 7) is 4.35. The number of hydrogen-bond acceptors (Lipinski definition) is 2. The summed E-state index contributed by atoms with van der Waals surface area (Å²) < 4.78 is 0. The normalized spacial score (nSPS) is 19.7. The Morgan fingerprint density at radius 2 is 2.05 bits per heavy atom. The van der Waals surface area contributed by atoms with E-state index in [0.717, 1.165) is 6.54 Å². The first-order chi connectivity index (χ1) is 9.33. The molecule has 0 N–H and O–H groups in total. The Hall–Kier alpha value is -1.67. The van der Waals surface area contributed by atoms with Crippen LogP contribution in [0.1, 0.15) is 35.7 Å². The Balaban J connectivity index is 1.78. The van der Waals surface area contributed by atoms with Crippen LogP contribution < -0.4 is 0 Å². The summed E-state index contributed by atoms with van der Waals surface area (Å²) in [6, 6.07) is 15.5. The lowest BCUT2D eigenvalue weighted by molar-refractivity contribution is 0.244. The molecule has 0 aliphatic carbocycles. The van der Waals surface area contributed by atoms with Crippen LogP contribution in [0.15, 0.2) is 48.7 Å². The number of benzene rings is 1. The minimum Gasteiger partial charge on any atom is -0.291 e. The Kier molecular flexibility index (Phi) is 3.60. The van der Waals surface area contributed by atoms with Crippen LogP contribution in [0.3, 0.4) is 0 Å². The van der Waals surface area contributed by atoms with Gasteiger partial charge in [-0.3, -0.25) is 9.88 Å². The molecule has 0 radical (unpaired) electrons. The standard InChI is InChI=1S/C17H20N2/c1-14-9-10-18-16(12-14)17-8-5-11-19(17)13-15-6-3-2-4-7-15/h2-4,6-7,9-10,12,17H,5,8,11,13H2,1H3. The summed E-state index contributed by atoms with van der Waals surface area (Å²) >= 11 is 0. The van der Waals surface area contributed by atoms with Crippen LogP contribution in [0.5, 0.6) is 0 Å². The molecule has 1 aromatic carbocycles. The van der Waals surface area contributed by atoms with Gasteiger partial charge in [0.05, 0.1) is 11.7 Å². The lowest BCUT2D eigenvalue weighted by Crippen LogP contribution is -2.23. The van der Waals surface area contributed by atoms with Crippen LogP contribution in [0.2, 0.25) is 0 Å². The van der Waals surface area contributed by atoms with Crippen LogP contribution in [0.4, 0.5) is 0 Å². The maximum Gasteiger partial charge on any atom is 0.0578 e. The zero-order valence-corrected chi connectivity index (χ0v) is 11.4. The van der Waals surface area contributed by atoms with E-state index in [1.807, 2.05) is 6.20 Å². The number of hydrogen-bond donors (Lipinski definition) is 0. The number of aromatic nitrogens is 1. The molecular formula is C17H20N2. The lowest BCUT2D eigenvalue weighted by atomic mass is 10.1. The van der Waals surface area contributed by atoms with E-state index in [-0.39, 0.29) is 0 Å². The van der Waals surface area contributed by atoms with Gasteiger partial charge >= 0.3 is 0 Å². The van der Waals surface area contributed by atoms with Gasteiger partial charge in [-0.25, -0.2) is 0 Å². The van der Waals surface area contributed by atoms with Crippen molar-refractivity contribution in [2.75, 3.05) is 6.54 Å². The van der Waals surface area contributed by atoms with Gasteiger partial charge in [-0.05, 0) is 49.6 Å². The molecule has 2 aromatic rings. The highest BCUT2D eigenvalue weighted by atomic mass is 15.2. The fraction of sp³-hybridized carbons (Fsp3) is 0.353. The van der Waals surface area contributed by atoms with Crippen LogP contribution in [0.25, 0.3) is 0 Å². The van der Waals surface area contributed by atoms with Gasteiger partial charge in [-0.15, -0.1) is 0 Å². The van der Waals surface area contributed by atoms with E-state index in [1.54, 1.807) is 0 Å². The first-order valence-corrected chi connectivity index (χ1v) is 7.03. The molecular weight excluding hydrogens is 232 g/mol. The first kappa shape index (κ1) is 12.4. The highest BCUT2D eigenvalue weighted by Gasteiger charge is 2.26. The summed E-state index contributed by atoms with van der Waals surface area (Å²) in [7, 11) is 0. The third-order valence-electron chi connectivity index (χ3n) is 3.87. The molecule has 0 saturated carbocycles. The van der Waals surface area contributed by atoms with Crippen LogP contribution in [-0.4, -0.2) is 16.4 Å². The molecule has 1 saturated heterocycles. The molecule has 19 heavy (non-hydrogen) atoms. The van der Waals surface area contributed by atoms with Crippen molar-refractivity contribution in [1.29, 1.82) is 0 Å². The van der Waals surface area contributed by atoms with E-state index in [9.17, 15) is 0 Å². The molecule has 1 fully saturated rings. The molecule has 1 aliphatic rings. The quantitative estimate of drug-likeness (QED) is 0.827. The van der Waals surface area contributed by atoms with E-state index in [2.05, 4.69) is 59.3 Å². The van der Waals surface area contributed by atoms with Crippen molar-refractivity contribution >= 4 is 0 Å². The van der Waals surface area contributed by atoms with E-state index >= 15 is 0 Å². The molecule has 0 spiro atoms. The average Bonchev–Trinajstić information content (AvgIpc) is 2.88. The molecule has 1 aromatic heterocycles. The number of rotatable bonds is 3. The number of likely N-dealkylation sites (tertiary alicyclic amines) is 1. The summed E-state index contributed by atoms with van der Waals surface area (Å²) in [5.41, 5.74) is 3.92.